The summed E-state index contributed by atoms with van der Waals surface area (Å²) in [4.78, 5) is 25.2. The zero-order chi connectivity index (χ0) is 31.4. The number of rotatable bonds is 6. The van der Waals surface area contributed by atoms with Crippen molar-refractivity contribution in [1.29, 1.82) is 5.26 Å². The minimum atomic E-state index is -0.802. The van der Waals surface area contributed by atoms with Gasteiger partial charge in [-0.1, -0.05) is 13.8 Å². The number of pyridine rings is 1. The van der Waals surface area contributed by atoms with Gasteiger partial charge in [-0.25, -0.2) is 23.1 Å². The number of aromatic nitrogens is 3. The van der Waals surface area contributed by atoms with Gasteiger partial charge in [-0.2, -0.15) is 5.26 Å². The molecule has 1 aliphatic heterocycles. The highest BCUT2D eigenvalue weighted by Gasteiger charge is 2.23. The third kappa shape index (κ3) is 6.49. The summed E-state index contributed by atoms with van der Waals surface area (Å²) in [6, 6.07) is 10.4. The molecule has 5 rings (SSSR count). The molecule has 2 aromatic carbocycles. The number of halogens is 3. The van der Waals surface area contributed by atoms with Crippen LogP contribution in [0, 0.1) is 28.8 Å². The van der Waals surface area contributed by atoms with E-state index in [4.69, 9.17) is 0 Å². The molecule has 2 aromatic heterocycles. The van der Waals surface area contributed by atoms with E-state index in [9.17, 15) is 14.4 Å². The molecule has 43 heavy (non-hydrogen) atoms. The first-order valence-corrected chi connectivity index (χ1v) is 14.4. The molecule has 0 unspecified atom stereocenters. The number of fused-ring (bicyclic) bond motifs is 1. The zero-order valence-electron chi connectivity index (χ0n) is 25.3. The van der Waals surface area contributed by atoms with Crippen molar-refractivity contribution in [3.05, 3.63) is 76.0 Å². The summed E-state index contributed by atoms with van der Waals surface area (Å²) in [5.74, 6) is -1.95. The molecule has 1 fully saturated rings. The Bertz CT molecular complexity index is 1720. The van der Waals surface area contributed by atoms with Crippen molar-refractivity contribution in [2.75, 3.05) is 37.4 Å². The molecule has 0 radical (unpaired) electrons. The second-order valence-electron chi connectivity index (χ2n) is 10.7. The molecule has 11 heteroatoms. The van der Waals surface area contributed by atoms with E-state index in [1.165, 1.54) is 22.8 Å². The van der Waals surface area contributed by atoms with Crippen molar-refractivity contribution in [3.63, 3.8) is 0 Å². The number of nitriles is 1. The van der Waals surface area contributed by atoms with E-state index in [1.807, 2.05) is 24.8 Å². The number of benzene rings is 2. The van der Waals surface area contributed by atoms with Gasteiger partial charge in [0.05, 0.1) is 17.4 Å². The largest absolute Gasteiger partial charge is 0.369 e. The standard InChI is InChI=1S/C30H30F3N7O.C2H6/c1-17(2)40-27-13-18(12-23(31)22(27)11-19(15-34)29(40)41)28-25(33)16-35-30(37-28)36-20-5-6-26(24(32)14-20)39-9-7-21(8-10-39)38(3)4;1-2/h5-6,11-14,16-17,21H,7-10H2,1-4H3,(H,35,36,37);1-2H3. The molecule has 8 nitrogen and oxygen atoms in total. The predicted molar refractivity (Wildman–Crippen MR) is 164 cm³/mol. The summed E-state index contributed by atoms with van der Waals surface area (Å²) >= 11 is 0. The van der Waals surface area contributed by atoms with Crippen LogP contribution < -0.4 is 15.8 Å². The summed E-state index contributed by atoms with van der Waals surface area (Å²) in [7, 11) is 4.10. The lowest BCUT2D eigenvalue weighted by molar-refractivity contribution is 0.249. The molecule has 4 aromatic rings. The minimum absolute atomic E-state index is 0.0121. The Morgan fingerprint density at radius 3 is 2.33 bits per heavy atom. The van der Waals surface area contributed by atoms with Crippen molar-refractivity contribution in [1.82, 2.24) is 19.4 Å². The maximum absolute atomic E-state index is 15.2. The molecular formula is C32H36F3N7O. The quantitative estimate of drug-likeness (QED) is 0.269. The summed E-state index contributed by atoms with van der Waals surface area (Å²) in [5.41, 5.74) is 0.220. The molecule has 1 saturated heterocycles. The molecule has 0 saturated carbocycles. The fraction of sp³-hybridized carbons (Fsp3) is 0.375. The molecule has 0 amide bonds. The Morgan fingerprint density at radius 2 is 1.72 bits per heavy atom. The number of anilines is 3. The van der Waals surface area contributed by atoms with Crippen molar-refractivity contribution < 1.29 is 13.2 Å². The highest BCUT2D eigenvalue weighted by molar-refractivity contribution is 5.86. The molecule has 1 N–H and O–H groups in total. The summed E-state index contributed by atoms with van der Waals surface area (Å²) < 4.78 is 46.6. The van der Waals surface area contributed by atoms with Gasteiger partial charge in [0.15, 0.2) is 5.82 Å². The molecule has 0 aliphatic carbocycles. The smallest absolute Gasteiger partial charge is 0.269 e. The van der Waals surface area contributed by atoms with Gasteiger partial charge in [0, 0.05) is 41.8 Å². The van der Waals surface area contributed by atoms with Crippen LogP contribution in [0.5, 0.6) is 0 Å². The van der Waals surface area contributed by atoms with Gasteiger partial charge in [0.25, 0.3) is 5.56 Å². The van der Waals surface area contributed by atoms with Crippen LogP contribution in [-0.2, 0) is 0 Å². The lowest BCUT2D eigenvalue weighted by Crippen LogP contribution is -2.42. The maximum Gasteiger partial charge on any atom is 0.269 e. The van der Waals surface area contributed by atoms with Crippen LogP contribution in [0.4, 0.5) is 30.5 Å². The second-order valence-corrected chi connectivity index (χ2v) is 10.7. The van der Waals surface area contributed by atoms with Gasteiger partial charge < -0.3 is 19.7 Å². The van der Waals surface area contributed by atoms with E-state index in [2.05, 4.69) is 34.3 Å². The Morgan fingerprint density at radius 1 is 1.02 bits per heavy atom. The normalized spacial score (nSPS) is 13.7. The van der Waals surface area contributed by atoms with Crippen LogP contribution in [0.15, 0.2) is 47.4 Å². The SMILES string of the molecule is CC.CC(C)n1c(=O)c(C#N)cc2c(F)cc(-c3nc(Nc4ccc(N5CCC(N(C)C)CC5)c(F)c4)ncc3F)cc21. The highest BCUT2D eigenvalue weighted by Crippen LogP contribution is 2.31. The topological polar surface area (TPSA) is 90.1 Å². The fourth-order valence-corrected chi connectivity index (χ4v) is 5.34. The first kappa shape index (κ1) is 31.5. The first-order valence-electron chi connectivity index (χ1n) is 14.4. The van der Waals surface area contributed by atoms with E-state index >= 15 is 8.78 Å². The van der Waals surface area contributed by atoms with Crippen molar-refractivity contribution >= 4 is 28.2 Å². The molecule has 0 spiro atoms. The summed E-state index contributed by atoms with van der Waals surface area (Å²) in [6.45, 7) is 8.97. The van der Waals surface area contributed by atoms with Gasteiger partial charge in [-0.05, 0) is 77.2 Å². The van der Waals surface area contributed by atoms with Crippen LogP contribution in [0.25, 0.3) is 22.2 Å². The number of piperidine rings is 1. The Hall–Kier alpha value is -4.43. The van der Waals surface area contributed by atoms with Crippen LogP contribution in [-0.4, -0.2) is 52.7 Å². The number of nitrogens with zero attached hydrogens (tertiary/aromatic N) is 6. The monoisotopic (exact) mass is 591 g/mol. The van der Waals surface area contributed by atoms with Gasteiger partial charge in [0.1, 0.15) is 29.0 Å². The summed E-state index contributed by atoms with van der Waals surface area (Å²) in [6.07, 6.45) is 2.84. The van der Waals surface area contributed by atoms with Crippen LogP contribution in [0.3, 0.4) is 0 Å². The highest BCUT2D eigenvalue weighted by atomic mass is 19.1. The molecule has 0 bridgehead atoms. The van der Waals surface area contributed by atoms with Crippen molar-refractivity contribution in [2.24, 2.45) is 0 Å². The van der Waals surface area contributed by atoms with Crippen molar-refractivity contribution in [2.45, 2.75) is 52.6 Å². The number of hydrogen-bond acceptors (Lipinski definition) is 7. The predicted octanol–water partition coefficient (Wildman–Crippen LogP) is 6.63. The van der Waals surface area contributed by atoms with E-state index in [1.54, 1.807) is 26.0 Å². The minimum Gasteiger partial charge on any atom is -0.369 e. The van der Waals surface area contributed by atoms with Gasteiger partial charge in [-0.15, -0.1) is 0 Å². The maximum atomic E-state index is 15.2. The van der Waals surface area contributed by atoms with Crippen LogP contribution in [0.1, 0.15) is 52.1 Å². The van der Waals surface area contributed by atoms with E-state index in [-0.39, 0.29) is 33.7 Å². The number of nitrogens with one attached hydrogen (secondary N) is 1. The molecule has 0 atom stereocenters. The molecule has 1 aliphatic rings. The zero-order valence-corrected chi connectivity index (χ0v) is 25.3. The van der Waals surface area contributed by atoms with Crippen LogP contribution in [0.2, 0.25) is 0 Å². The average Bonchev–Trinajstić information content (AvgIpc) is 2.98. The lowest BCUT2D eigenvalue weighted by Gasteiger charge is -2.36. The first-order chi connectivity index (χ1) is 20.6. The third-order valence-corrected chi connectivity index (χ3v) is 7.50. The van der Waals surface area contributed by atoms with Crippen molar-refractivity contribution in [3.8, 4) is 17.3 Å². The van der Waals surface area contributed by atoms with Gasteiger partial charge >= 0.3 is 0 Å². The molecular weight excluding hydrogens is 555 g/mol. The Kier molecular flexibility index (Phi) is 9.71. The fourth-order valence-electron chi connectivity index (χ4n) is 5.34. The molecule has 3 heterocycles. The summed E-state index contributed by atoms with van der Waals surface area (Å²) in [5, 5.41) is 12.3. The Labute approximate surface area is 249 Å². The molecule has 226 valence electrons. The lowest BCUT2D eigenvalue weighted by atomic mass is 10.0. The second kappa shape index (κ2) is 13.3. The third-order valence-electron chi connectivity index (χ3n) is 7.50. The Balaban J connectivity index is 0.00000207. The van der Waals surface area contributed by atoms with Gasteiger partial charge in [0.2, 0.25) is 5.95 Å². The van der Waals surface area contributed by atoms with E-state index in [0.717, 1.165) is 38.2 Å². The average molecular weight is 592 g/mol. The number of hydrogen-bond donors (Lipinski definition) is 1. The van der Waals surface area contributed by atoms with Crippen LogP contribution >= 0.6 is 0 Å². The van der Waals surface area contributed by atoms with E-state index in [0.29, 0.717) is 17.4 Å². The van der Waals surface area contributed by atoms with E-state index < -0.39 is 29.1 Å². The van der Waals surface area contributed by atoms with Gasteiger partial charge in [-0.3, -0.25) is 4.79 Å².